The number of carbonyl (C=O) groups excluding carboxylic acids is 2. The molecule has 0 saturated carbocycles. The summed E-state index contributed by atoms with van der Waals surface area (Å²) in [5, 5.41) is 15.1. The number of hydrogen-bond acceptors (Lipinski definition) is 6. The number of Topliss-reactive ketones (excluding diaryl/α,β-unsaturated/α-hetero) is 1. The number of anilines is 1. The van der Waals surface area contributed by atoms with Gasteiger partial charge >= 0.3 is 6.03 Å². The molecule has 0 spiro atoms. The van der Waals surface area contributed by atoms with Crippen molar-refractivity contribution in [3.05, 3.63) is 83.7 Å². The molecule has 0 aliphatic carbocycles. The fourth-order valence-electron chi connectivity index (χ4n) is 5.64. The van der Waals surface area contributed by atoms with Crippen LogP contribution >= 0.6 is 0 Å². The maximum absolute atomic E-state index is 14.3. The fourth-order valence-corrected chi connectivity index (χ4v) is 5.64. The smallest absolute Gasteiger partial charge is 0.320 e. The van der Waals surface area contributed by atoms with E-state index in [0.29, 0.717) is 36.6 Å². The highest BCUT2D eigenvalue weighted by Gasteiger charge is 2.40. The number of amides is 2. The van der Waals surface area contributed by atoms with Gasteiger partial charge in [0.15, 0.2) is 17.4 Å². The van der Waals surface area contributed by atoms with Crippen LogP contribution in [0.5, 0.6) is 0 Å². The topological polar surface area (TPSA) is 106 Å². The quantitative estimate of drug-likeness (QED) is 0.283. The summed E-state index contributed by atoms with van der Waals surface area (Å²) in [5.74, 6) is -1.85. The van der Waals surface area contributed by atoms with Crippen LogP contribution in [0.25, 0.3) is 16.9 Å². The molecule has 3 atom stereocenters. The maximum atomic E-state index is 14.3. The van der Waals surface area contributed by atoms with E-state index >= 15 is 0 Å². The molecule has 2 aromatic carbocycles. The molecule has 10 nitrogen and oxygen atoms in total. The van der Waals surface area contributed by atoms with Crippen molar-refractivity contribution in [2.75, 3.05) is 32.1 Å². The van der Waals surface area contributed by atoms with Gasteiger partial charge in [-0.05, 0) is 36.8 Å². The van der Waals surface area contributed by atoms with Crippen LogP contribution in [-0.4, -0.2) is 75.2 Å². The highest BCUT2D eigenvalue weighted by Crippen LogP contribution is 2.32. The molecule has 4 aromatic rings. The zero-order valence-corrected chi connectivity index (χ0v) is 24.6. The van der Waals surface area contributed by atoms with Gasteiger partial charge in [-0.15, -0.1) is 0 Å². The molecule has 226 valence electrons. The van der Waals surface area contributed by atoms with Crippen LogP contribution in [0.2, 0.25) is 0 Å². The average Bonchev–Trinajstić information content (AvgIpc) is 3.70. The number of methoxy groups -OCH3 is 1. The molecule has 0 radical (unpaired) electrons. The second-order valence-electron chi connectivity index (χ2n) is 10.7. The van der Waals surface area contributed by atoms with Crippen molar-refractivity contribution < 1.29 is 23.1 Å². The minimum Gasteiger partial charge on any atom is -0.383 e. The number of benzene rings is 2. The Bertz CT molecular complexity index is 1600. The molecule has 1 aliphatic heterocycles. The molecule has 1 saturated heterocycles. The number of carbonyl (C=O) groups is 2. The largest absolute Gasteiger partial charge is 0.383 e. The monoisotopic (exact) mass is 591 g/mol. The second kappa shape index (κ2) is 12.8. The van der Waals surface area contributed by atoms with Gasteiger partial charge in [-0.3, -0.25) is 19.7 Å². The van der Waals surface area contributed by atoms with E-state index < -0.39 is 35.7 Å². The molecule has 1 fully saturated rings. The van der Waals surface area contributed by atoms with Gasteiger partial charge in [0.2, 0.25) is 0 Å². The van der Waals surface area contributed by atoms with Crippen LogP contribution in [0.4, 0.5) is 19.4 Å². The highest BCUT2D eigenvalue weighted by atomic mass is 19.2. The third kappa shape index (κ3) is 6.35. The lowest BCUT2D eigenvalue weighted by Gasteiger charge is -2.25. The Morgan fingerprint density at radius 1 is 1.12 bits per heavy atom. The number of nitrogens with one attached hydrogen (secondary N) is 2. The molecule has 2 aromatic heterocycles. The molecule has 2 N–H and O–H groups in total. The zero-order valence-electron chi connectivity index (χ0n) is 24.6. The van der Waals surface area contributed by atoms with Gasteiger partial charge in [-0.2, -0.15) is 10.2 Å². The highest BCUT2D eigenvalue weighted by molar-refractivity contribution is 5.91. The van der Waals surface area contributed by atoms with Gasteiger partial charge in [-0.1, -0.05) is 31.2 Å². The first-order valence-electron chi connectivity index (χ1n) is 14.1. The van der Waals surface area contributed by atoms with E-state index in [0.717, 1.165) is 28.9 Å². The van der Waals surface area contributed by atoms with E-state index in [1.54, 1.807) is 22.5 Å². The Kier molecular flexibility index (Phi) is 8.97. The van der Waals surface area contributed by atoms with Crippen LogP contribution in [0.15, 0.2) is 60.9 Å². The number of aromatic nitrogens is 4. The van der Waals surface area contributed by atoms with Gasteiger partial charge in [0.05, 0.1) is 30.6 Å². The Hall–Kier alpha value is -4.42. The lowest BCUT2D eigenvalue weighted by Crippen LogP contribution is -2.46. The van der Waals surface area contributed by atoms with E-state index in [2.05, 4.69) is 15.7 Å². The number of rotatable bonds is 10. The Balaban J connectivity index is 1.45. The summed E-state index contributed by atoms with van der Waals surface area (Å²) < 4.78 is 36.8. The van der Waals surface area contributed by atoms with E-state index in [4.69, 9.17) is 9.84 Å². The van der Waals surface area contributed by atoms with Crippen LogP contribution in [0.3, 0.4) is 0 Å². The Morgan fingerprint density at radius 2 is 1.88 bits per heavy atom. The molecular weight excluding hydrogens is 556 g/mol. The van der Waals surface area contributed by atoms with Crippen LogP contribution in [0, 0.1) is 18.6 Å². The van der Waals surface area contributed by atoms with E-state index in [9.17, 15) is 18.4 Å². The fraction of sp³-hybridized carbons (Fsp3) is 0.355. The van der Waals surface area contributed by atoms with Crippen molar-refractivity contribution in [1.82, 2.24) is 29.8 Å². The first-order valence-corrected chi connectivity index (χ1v) is 14.1. The number of likely N-dealkylation sites (tertiary alicyclic amines) is 1. The Morgan fingerprint density at radius 3 is 2.53 bits per heavy atom. The summed E-state index contributed by atoms with van der Waals surface area (Å²) in [5.41, 5.74) is 3.48. The van der Waals surface area contributed by atoms with Crippen molar-refractivity contribution in [1.29, 1.82) is 0 Å². The lowest BCUT2D eigenvalue weighted by molar-refractivity contribution is -0.125. The number of halogens is 2. The standard InChI is InChI=1S/C31H35F2N7O3/c1-5-28(41)27(18-43-4)39-16-23(20-11-12-24(32)25(33)13-20)26(17-39)35-31(42)36-30-19(2)29(21-14-34-38(3)15-21)37-40(30)22-9-7-6-8-10-22/h6-15,23,26-27H,5,16-18H2,1-4H3,(H2,35,36,42)/t23-,26+,27?/m0/s1. The molecule has 1 unspecified atom stereocenters. The summed E-state index contributed by atoms with van der Waals surface area (Å²) in [6, 6.07) is 11.6. The summed E-state index contributed by atoms with van der Waals surface area (Å²) in [7, 11) is 3.35. The van der Waals surface area contributed by atoms with E-state index in [1.165, 1.54) is 13.2 Å². The van der Waals surface area contributed by atoms with Crippen LogP contribution < -0.4 is 10.6 Å². The lowest BCUT2D eigenvalue weighted by atomic mass is 9.94. The molecular formula is C31H35F2N7O3. The number of para-hydroxylation sites is 1. The molecule has 1 aliphatic rings. The van der Waals surface area contributed by atoms with Gasteiger partial charge in [-0.25, -0.2) is 18.3 Å². The number of urea groups is 1. The maximum Gasteiger partial charge on any atom is 0.320 e. The summed E-state index contributed by atoms with van der Waals surface area (Å²) in [6.45, 7) is 4.51. The number of hydrogen-bond donors (Lipinski definition) is 2. The van der Waals surface area contributed by atoms with Crippen molar-refractivity contribution in [3.63, 3.8) is 0 Å². The third-order valence-corrected chi connectivity index (χ3v) is 7.86. The molecule has 3 heterocycles. The van der Waals surface area contributed by atoms with Gasteiger partial charge < -0.3 is 10.1 Å². The van der Waals surface area contributed by atoms with Gasteiger partial charge in [0.25, 0.3) is 0 Å². The number of ketones is 1. The van der Waals surface area contributed by atoms with Gasteiger partial charge in [0, 0.05) is 56.9 Å². The number of aryl methyl sites for hydroxylation is 1. The summed E-state index contributed by atoms with van der Waals surface area (Å²) >= 11 is 0. The predicted molar refractivity (Wildman–Crippen MR) is 158 cm³/mol. The molecule has 5 rings (SSSR count). The van der Waals surface area contributed by atoms with Crippen molar-refractivity contribution >= 4 is 17.6 Å². The van der Waals surface area contributed by atoms with Crippen LogP contribution in [0.1, 0.15) is 30.4 Å². The molecule has 2 amide bonds. The first-order chi connectivity index (χ1) is 20.7. The number of nitrogens with zero attached hydrogens (tertiary/aromatic N) is 5. The Labute approximate surface area is 248 Å². The van der Waals surface area contributed by atoms with E-state index in [1.807, 2.05) is 55.4 Å². The first kappa shape index (κ1) is 30.1. The number of ether oxygens (including phenoxy) is 1. The average molecular weight is 592 g/mol. The summed E-state index contributed by atoms with van der Waals surface area (Å²) in [4.78, 5) is 28.3. The minimum absolute atomic E-state index is 0.00121. The second-order valence-corrected chi connectivity index (χ2v) is 10.7. The zero-order chi connectivity index (χ0) is 30.7. The summed E-state index contributed by atoms with van der Waals surface area (Å²) in [6.07, 6.45) is 3.88. The minimum atomic E-state index is -0.970. The van der Waals surface area contributed by atoms with Crippen molar-refractivity contribution in [2.45, 2.75) is 38.3 Å². The molecule has 12 heteroatoms. The van der Waals surface area contributed by atoms with E-state index in [-0.39, 0.29) is 12.4 Å². The van der Waals surface area contributed by atoms with Crippen molar-refractivity contribution in [2.24, 2.45) is 7.05 Å². The predicted octanol–water partition coefficient (Wildman–Crippen LogP) is 4.44. The molecule has 0 bridgehead atoms. The van der Waals surface area contributed by atoms with Gasteiger partial charge in [0.1, 0.15) is 11.5 Å². The molecule has 43 heavy (non-hydrogen) atoms. The van der Waals surface area contributed by atoms with Crippen molar-refractivity contribution in [3.8, 4) is 16.9 Å². The normalized spacial score (nSPS) is 17.6. The SMILES string of the molecule is CCC(=O)C(COC)N1C[C@@H](NC(=O)Nc2c(C)c(-c3cnn(C)c3)nn2-c2ccccc2)[C@H](c2ccc(F)c(F)c2)C1. The third-order valence-electron chi connectivity index (χ3n) is 7.86. The van der Waals surface area contributed by atoms with Crippen LogP contribution in [-0.2, 0) is 16.6 Å².